The lowest BCUT2D eigenvalue weighted by Gasteiger charge is -2.07. The normalized spacial score (nSPS) is 16.1. The number of para-hydroxylation sites is 1. The number of hydrogen-bond donors (Lipinski definition) is 0. The van der Waals surface area contributed by atoms with Crippen molar-refractivity contribution in [2.75, 3.05) is 6.61 Å². The molecule has 0 unspecified atom stereocenters. The van der Waals surface area contributed by atoms with Crippen LogP contribution in [0.3, 0.4) is 0 Å². The molecule has 0 spiro atoms. The Bertz CT molecular complexity index is 263. The molecule has 0 bridgehead atoms. The van der Waals surface area contributed by atoms with Gasteiger partial charge in [-0.3, -0.25) is 0 Å². The molecule has 12 heavy (non-hydrogen) atoms. The van der Waals surface area contributed by atoms with Gasteiger partial charge in [-0.25, -0.2) is 0 Å². The highest BCUT2D eigenvalue weighted by Crippen LogP contribution is 2.42. The first-order valence-electron chi connectivity index (χ1n) is 4.48. The minimum Gasteiger partial charge on any atom is -0.494 e. The van der Waals surface area contributed by atoms with Gasteiger partial charge in [0.1, 0.15) is 5.75 Å². The summed E-state index contributed by atoms with van der Waals surface area (Å²) in [7, 11) is 0. The zero-order valence-corrected chi connectivity index (χ0v) is 7.34. The molecule has 0 amide bonds. The predicted molar refractivity (Wildman–Crippen MR) is 49.2 cm³/mol. The van der Waals surface area contributed by atoms with Crippen LogP contribution in [0.4, 0.5) is 0 Å². The van der Waals surface area contributed by atoms with Gasteiger partial charge in [0.05, 0.1) is 6.61 Å². The maximum atomic E-state index is 5.52. The van der Waals surface area contributed by atoms with Crippen LogP contribution in [0.2, 0.25) is 0 Å². The summed E-state index contributed by atoms with van der Waals surface area (Å²) in [5.74, 6) is 2.59. The summed E-state index contributed by atoms with van der Waals surface area (Å²) in [6.45, 7) is 2.78. The summed E-state index contributed by atoms with van der Waals surface area (Å²) in [6.07, 6.45) is 2.51. The van der Waals surface area contributed by atoms with Crippen LogP contribution in [0.5, 0.6) is 5.75 Å². The van der Waals surface area contributed by atoms with E-state index in [0.29, 0.717) is 0 Å². The molecule has 0 N–H and O–H groups in total. The fraction of sp³-hybridized carbons (Fsp3) is 0.364. The van der Waals surface area contributed by atoms with Crippen molar-refractivity contribution < 1.29 is 4.74 Å². The molecule has 0 atom stereocenters. The summed E-state index contributed by atoms with van der Waals surface area (Å²) < 4.78 is 5.52. The van der Waals surface area contributed by atoms with Crippen molar-refractivity contribution >= 4 is 0 Å². The molecule has 1 nitrogen and oxygen atoms in total. The van der Waals surface area contributed by atoms with E-state index in [1.54, 1.807) is 5.92 Å². The molecular weight excluding hydrogens is 148 g/mol. The molecule has 0 aliphatic heterocycles. The minimum absolute atomic E-state index is 0.754. The molecule has 63 valence electrons. The lowest BCUT2D eigenvalue weighted by molar-refractivity contribution is 0.338. The van der Waals surface area contributed by atoms with Gasteiger partial charge in [0.2, 0.25) is 0 Å². The summed E-state index contributed by atoms with van der Waals surface area (Å²) in [5, 5.41) is 0. The molecule has 1 heteroatoms. The van der Waals surface area contributed by atoms with E-state index in [9.17, 15) is 0 Å². The monoisotopic (exact) mass is 161 g/mol. The third-order valence-electron chi connectivity index (χ3n) is 2.07. The van der Waals surface area contributed by atoms with Gasteiger partial charge in [0, 0.05) is 11.5 Å². The van der Waals surface area contributed by atoms with E-state index in [0.717, 1.165) is 12.4 Å². The molecule has 0 aromatic heterocycles. The van der Waals surface area contributed by atoms with Crippen LogP contribution >= 0.6 is 0 Å². The standard InChI is InChI=1S/C11H13O/c1-2-12-11-6-4-3-5-10(11)9-7-8-9/h3-6H,2,7-8H2,1H3. The van der Waals surface area contributed by atoms with Crippen LogP contribution in [0.1, 0.15) is 25.3 Å². The van der Waals surface area contributed by atoms with Gasteiger partial charge in [-0.15, -0.1) is 0 Å². The van der Waals surface area contributed by atoms with Gasteiger partial charge in [0.15, 0.2) is 0 Å². The lowest BCUT2D eigenvalue weighted by Crippen LogP contribution is -1.95. The van der Waals surface area contributed by atoms with Gasteiger partial charge in [-0.1, -0.05) is 18.2 Å². The Kier molecular flexibility index (Phi) is 2.03. The molecule has 0 saturated heterocycles. The maximum absolute atomic E-state index is 5.52. The highest BCUT2D eigenvalue weighted by molar-refractivity contribution is 5.47. The molecule has 0 heterocycles. The van der Waals surface area contributed by atoms with E-state index in [1.807, 2.05) is 19.1 Å². The highest BCUT2D eigenvalue weighted by atomic mass is 16.5. The molecule has 2 rings (SSSR count). The van der Waals surface area contributed by atoms with Crippen LogP contribution in [-0.2, 0) is 0 Å². The summed E-state index contributed by atoms with van der Waals surface area (Å²) in [4.78, 5) is 0. The van der Waals surface area contributed by atoms with E-state index >= 15 is 0 Å². The topological polar surface area (TPSA) is 9.23 Å². The van der Waals surface area contributed by atoms with Crippen molar-refractivity contribution in [1.29, 1.82) is 0 Å². The highest BCUT2D eigenvalue weighted by Gasteiger charge is 2.26. The van der Waals surface area contributed by atoms with Crippen LogP contribution in [0.15, 0.2) is 24.3 Å². The second kappa shape index (κ2) is 3.18. The van der Waals surface area contributed by atoms with Crippen molar-refractivity contribution in [3.63, 3.8) is 0 Å². The second-order valence-corrected chi connectivity index (χ2v) is 3.03. The zero-order chi connectivity index (χ0) is 8.39. The minimum atomic E-state index is 0.754. The molecule has 1 saturated carbocycles. The van der Waals surface area contributed by atoms with Crippen molar-refractivity contribution in [3.8, 4) is 5.75 Å². The molecule has 1 radical (unpaired) electrons. The van der Waals surface area contributed by atoms with E-state index in [-0.39, 0.29) is 0 Å². The Balaban J connectivity index is 2.24. The summed E-state index contributed by atoms with van der Waals surface area (Å²) >= 11 is 0. The molecule has 1 aliphatic rings. The SMILES string of the molecule is CCOc1ccccc1[C]1CC1. The number of hydrogen-bond acceptors (Lipinski definition) is 1. The molecule has 1 aromatic rings. The molecular formula is C11H13O. The van der Waals surface area contributed by atoms with Gasteiger partial charge in [-0.2, -0.15) is 0 Å². The number of rotatable bonds is 3. The number of benzene rings is 1. The third kappa shape index (κ3) is 1.45. The largest absolute Gasteiger partial charge is 0.494 e. The van der Waals surface area contributed by atoms with Gasteiger partial charge in [-0.05, 0) is 25.8 Å². The number of ether oxygens (including phenoxy) is 1. The van der Waals surface area contributed by atoms with Crippen molar-refractivity contribution in [2.24, 2.45) is 0 Å². The molecule has 1 fully saturated rings. The van der Waals surface area contributed by atoms with Gasteiger partial charge < -0.3 is 4.74 Å². The van der Waals surface area contributed by atoms with Crippen LogP contribution in [0.25, 0.3) is 0 Å². The first-order chi connectivity index (χ1) is 5.92. The fourth-order valence-corrected chi connectivity index (χ4v) is 1.37. The Morgan fingerprint density at radius 3 is 2.67 bits per heavy atom. The van der Waals surface area contributed by atoms with E-state index in [4.69, 9.17) is 4.74 Å². The molecule has 1 aromatic carbocycles. The van der Waals surface area contributed by atoms with E-state index < -0.39 is 0 Å². The summed E-state index contributed by atoms with van der Waals surface area (Å²) in [6, 6.07) is 8.29. The first kappa shape index (κ1) is 7.66. The van der Waals surface area contributed by atoms with E-state index in [2.05, 4.69) is 12.1 Å². The van der Waals surface area contributed by atoms with E-state index in [1.165, 1.54) is 18.4 Å². The van der Waals surface area contributed by atoms with Crippen LogP contribution in [-0.4, -0.2) is 6.61 Å². The van der Waals surface area contributed by atoms with Crippen LogP contribution < -0.4 is 4.74 Å². The van der Waals surface area contributed by atoms with Crippen molar-refractivity contribution in [1.82, 2.24) is 0 Å². The van der Waals surface area contributed by atoms with Gasteiger partial charge in [0.25, 0.3) is 0 Å². The maximum Gasteiger partial charge on any atom is 0.123 e. The predicted octanol–water partition coefficient (Wildman–Crippen LogP) is 2.80. The lowest BCUT2D eigenvalue weighted by atomic mass is 10.1. The van der Waals surface area contributed by atoms with Crippen molar-refractivity contribution in [2.45, 2.75) is 19.8 Å². The van der Waals surface area contributed by atoms with Crippen molar-refractivity contribution in [3.05, 3.63) is 35.7 Å². The average molecular weight is 161 g/mol. The Hall–Kier alpha value is -0.980. The molecule has 1 aliphatic carbocycles. The van der Waals surface area contributed by atoms with Gasteiger partial charge >= 0.3 is 0 Å². The second-order valence-electron chi connectivity index (χ2n) is 3.03. The quantitative estimate of drug-likeness (QED) is 0.662. The smallest absolute Gasteiger partial charge is 0.123 e. The Labute approximate surface area is 73.4 Å². The Morgan fingerprint density at radius 2 is 2.00 bits per heavy atom. The first-order valence-corrected chi connectivity index (χ1v) is 4.48. The fourth-order valence-electron chi connectivity index (χ4n) is 1.37. The summed E-state index contributed by atoms with van der Waals surface area (Å²) in [5.41, 5.74) is 1.32. The third-order valence-corrected chi connectivity index (χ3v) is 2.07. The Morgan fingerprint density at radius 1 is 1.25 bits per heavy atom. The average Bonchev–Trinajstić information content (AvgIpc) is 2.89. The zero-order valence-electron chi connectivity index (χ0n) is 7.34. The van der Waals surface area contributed by atoms with Crippen LogP contribution in [0, 0.1) is 5.92 Å².